The molecule has 1 aromatic carbocycles. The summed E-state index contributed by atoms with van der Waals surface area (Å²) in [5.41, 5.74) is 9.17. The number of fused-ring (bicyclic) bond motifs is 2. The van der Waals surface area contributed by atoms with Gasteiger partial charge in [-0.2, -0.15) is 0 Å². The fourth-order valence-corrected chi connectivity index (χ4v) is 3.29. The lowest BCUT2D eigenvalue weighted by Crippen LogP contribution is -2.33. The summed E-state index contributed by atoms with van der Waals surface area (Å²) in [4.78, 5) is 22.1. The molecule has 7 heteroatoms. The first-order valence-corrected chi connectivity index (χ1v) is 8.12. The molecule has 6 nitrogen and oxygen atoms in total. The number of H-pyrrole nitrogens is 1. The molecule has 3 N–H and O–H groups in total. The molecule has 0 spiro atoms. The highest BCUT2D eigenvalue weighted by Crippen LogP contribution is 2.22. The smallest absolute Gasteiger partial charge is 0.199 e. The highest BCUT2D eigenvalue weighted by molar-refractivity contribution is 7.71. The molecule has 2 aromatic heterocycles. The van der Waals surface area contributed by atoms with Crippen LogP contribution < -0.4 is 11.2 Å². The van der Waals surface area contributed by atoms with Crippen LogP contribution in [0.3, 0.4) is 0 Å². The number of aromatic nitrogens is 2. The average Bonchev–Trinajstić information content (AvgIpc) is 2.58. The summed E-state index contributed by atoms with van der Waals surface area (Å²) in [6.45, 7) is 1.96. The van der Waals surface area contributed by atoms with E-state index in [0.717, 1.165) is 24.2 Å². The SMILES string of the molecule is Nc1oc2ccccc2c(=O)c1CN1CCc2[nH]c(=S)ncc2C1. The number of rotatable bonds is 2. The Morgan fingerprint density at radius 3 is 3.08 bits per heavy atom. The topological polar surface area (TPSA) is 88.1 Å². The van der Waals surface area contributed by atoms with E-state index in [1.165, 1.54) is 0 Å². The molecule has 0 unspecified atom stereocenters. The molecule has 3 aromatic rings. The van der Waals surface area contributed by atoms with Crippen molar-refractivity contribution in [3.05, 3.63) is 62.3 Å². The number of nitrogens with two attached hydrogens (primary N) is 1. The summed E-state index contributed by atoms with van der Waals surface area (Å²) < 4.78 is 6.12. The summed E-state index contributed by atoms with van der Waals surface area (Å²) >= 11 is 5.06. The number of benzene rings is 1. The predicted molar refractivity (Wildman–Crippen MR) is 94.1 cm³/mol. The van der Waals surface area contributed by atoms with E-state index in [-0.39, 0.29) is 11.3 Å². The number of nitrogens with zero attached hydrogens (tertiary/aromatic N) is 2. The minimum absolute atomic E-state index is 0.0641. The lowest BCUT2D eigenvalue weighted by atomic mass is 10.1. The number of nitrogen functional groups attached to an aromatic ring is 1. The fraction of sp³-hybridized carbons (Fsp3) is 0.235. The monoisotopic (exact) mass is 340 g/mol. The Morgan fingerprint density at radius 1 is 1.38 bits per heavy atom. The molecule has 1 aliphatic rings. The van der Waals surface area contributed by atoms with Gasteiger partial charge in [0.05, 0.1) is 10.9 Å². The molecule has 3 heterocycles. The number of hydrogen-bond donors (Lipinski definition) is 2. The second-order valence-electron chi connectivity index (χ2n) is 5.92. The van der Waals surface area contributed by atoms with Crippen molar-refractivity contribution >= 4 is 29.1 Å². The van der Waals surface area contributed by atoms with Crippen molar-refractivity contribution in [3.8, 4) is 0 Å². The van der Waals surface area contributed by atoms with Gasteiger partial charge in [-0.3, -0.25) is 9.69 Å². The van der Waals surface area contributed by atoms with Gasteiger partial charge in [0, 0.05) is 43.5 Å². The third-order valence-corrected chi connectivity index (χ3v) is 4.57. The highest BCUT2D eigenvalue weighted by Gasteiger charge is 2.20. The zero-order chi connectivity index (χ0) is 16.7. The third kappa shape index (κ3) is 2.61. The van der Waals surface area contributed by atoms with Crippen molar-refractivity contribution in [2.24, 2.45) is 0 Å². The molecule has 1 aliphatic heterocycles. The van der Waals surface area contributed by atoms with E-state index in [2.05, 4.69) is 14.9 Å². The van der Waals surface area contributed by atoms with Crippen molar-refractivity contribution in [2.75, 3.05) is 12.3 Å². The van der Waals surface area contributed by atoms with Gasteiger partial charge in [-0.25, -0.2) is 4.98 Å². The Labute approximate surface area is 142 Å². The number of nitrogens with one attached hydrogen (secondary N) is 1. The van der Waals surface area contributed by atoms with Crippen LogP contribution in [0, 0.1) is 4.77 Å². The quantitative estimate of drug-likeness (QED) is 0.697. The van der Waals surface area contributed by atoms with Gasteiger partial charge in [-0.1, -0.05) is 12.1 Å². The van der Waals surface area contributed by atoms with Gasteiger partial charge in [-0.15, -0.1) is 0 Å². The molecule has 0 fully saturated rings. The maximum atomic E-state index is 12.7. The van der Waals surface area contributed by atoms with E-state index < -0.39 is 0 Å². The summed E-state index contributed by atoms with van der Waals surface area (Å²) in [5, 5.41) is 0.560. The zero-order valence-electron chi connectivity index (χ0n) is 12.9. The van der Waals surface area contributed by atoms with Crippen LogP contribution in [-0.4, -0.2) is 21.4 Å². The largest absolute Gasteiger partial charge is 0.440 e. The van der Waals surface area contributed by atoms with Crippen LogP contribution in [0.2, 0.25) is 0 Å². The molecular formula is C17H16N4O2S. The molecule has 0 atom stereocenters. The normalized spacial score (nSPS) is 14.7. The summed E-state index contributed by atoms with van der Waals surface area (Å²) in [6, 6.07) is 7.16. The minimum atomic E-state index is -0.0641. The first-order chi connectivity index (χ1) is 11.6. The second-order valence-corrected chi connectivity index (χ2v) is 6.31. The maximum Gasteiger partial charge on any atom is 0.199 e. The fourth-order valence-electron chi connectivity index (χ4n) is 3.11. The average molecular weight is 340 g/mol. The van der Waals surface area contributed by atoms with Crippen molar-refractivity contribution in [1.29, 1.82) is 0 Å². The second kappa shape index (κ2) is 5.85. The van der Waals surface area contributed by atoms with Crippen LogP contribution >= 0.6 is 12.2 Å². The van der Waals surface area contributed by atoms with Crippen molar-refractivity contribution < 1.29 is 4.42 Å². The molecule has 0 bridgehead atoms. The van der Waals surface area contributed by atoms with E-state index in [9.17, 15) is 4.79 Å². The first kappa shape index (κ1) is 15.0. The van der Waals surface area contributed by atoms with E-state index in [1.807, 2.05) is 12.1 Å². The first-order valence-electron chi connectivity index (χ1n) is 7.71. The van der Waals surface area contributed by atoms with Crippen LogP contribution in [0.1, 0.15) is 16.8 Å². The molecule has 0 aliphatic carbocycles. The van der Waals surface area contributed by atoms with E-state index in [4.69, 9.17) is 22.4 Å². The van der Waals surface area contributed by atoms with Crippen LogP contribution in [0.4, 0.5) is 5.88 Å². The molecule has 0 saturated heterocycles. The van der Waals surface area contributed by atoms with Crippen LogP contribution in [0.5, 0.6) is 0 Å². The Bertz CT molecular complexity index is 1040. The number of aromatic amines is 1. The van der Waals surface area contributed by atoms with Gasteiger partial charge >= 0.3 is 0 Å². The van der Waals surface area contributed by atoms with Crippen LogP contribution in [0.15, 0.2) is 39.7 Å². The lowest BCUT2D eigenvalue weighted by molar-refractivity contribution is 0.241. The number of para-hydroxylation sites is 1. The van der Waals surface area contributed by atoms with Gasteiger partial charge in [-0.05, 0) is 24.4 Å². The zero-order valence-corrected chi connectivity index (χ0v) is 13.7. The molecule has 0 saturated carbocycles. The van der Waals surface area contributed by atoms with Gasteiger partial charge < -0.3 is 15.1 Å². The minimum Gasteiger partial charge on any atom is -0.440 e. The molecule has 0 radical (unpaired) electrons. The maximum absolute atomic E-state index is 12.7. The Morgan fingerprint density at radius 2 is 2.21 bits per heavy atom. The Balaban J connectivity index is 1.67. The van der Waals surface area contributed by atoms with E-state index in [1.54, 1.807) is 18.3 Å². The standard InChI is InChI=1S/C17H16N4O2S/c18-16-12(15(22)11-3-1-2-4-14(11)23-16)9-21-6-5-13-10(8-21)7-19-17(24)20-13/h1-4,7H,5-6,8-9,18H2,(H,19,20,24). The van der Waals surface area contributed by atoms with Gasteiger partial charge in [0.2, 0.25) is 0 Å². The highest BCUT2D eigenvalue weighted by atomic mass is 32.1. The lowest BCUT2D eigenvalue weighted by Gasteiger charge is -2.28. The van der Waals surface area contributed by atoms with E-state index >= 15 is 0 Å². The summed E-state index contributed by atoms with van der Waals surface area (Å²) in [5.74, 6) is 0.190. The molecular weight excluding hydrogens is 324 g/mol. The van der Waals surface area contributed by atoms with Crippen LogP contribution in [0.25, 0.3) is 11.0 Å². The Hall–Kier alpha value is -2.51. The molecule has 24 heavy (non-hydrogen) atoms. The summed E-state index contributed by atoms with van der Waals surface area (Å²) in [6.07, 6.45) is 2.63. The van der Waals surface area contributed by atoms with Crippen molar-refractivity contribution in [3.63, 3.8) is 0 Å². The molecule has 0 amide bonds. The Kier molecular flexibility index (Phi) is 3.66. The van der Waals surface area contributed by atoms with Gasteiger partial charge in [0.15, 0.2) is 16.1 Å². The number of hydrogen-bond acceptors (Lipinski definition) is 6. The molecule has 4 rings (SSSR count). The number of anilines is 1. The third-order valence-electron chi connectivity index (χ3n) is 4.36. The van der Waals surface area contributed by atoms with Crippen molar-refractivity contribution in [1.82, 2.24) is 14.9 Å². The molecule has 122 valence electrons. The van der Waals surface area contributed by atoms with Gasteiger partial charge in [0.1, 0.15) is 5.58 Å². The predicted octanol–water partition coefficient (Wildman–Crippen LogP) is 2.39. The van der Waals surface area contributed by atoms with Gasteiger partial charge in [0.25, 0.3) is 0 Å². The van der Waals surface area contributed by atoms with Crippen LogP contribution in [-0.2, 0) is 19.5 Å². The summed E-state index contributed by atoms with van der Waals surface area (Å²) in [7, 11) is 0. The van der Waals surface area contributed by atoms with E-state index in [0.29, 0.717) is 34.4 Å². The van der Waals surface area contributed by atoms with Crippen molar-refractivity contribution in [2.45, 2.75) is 19.5 Å².